The molecule has 0 unspecified atom stereocenters. The van der Waals surface area contributed by atoms with Crippen LogP contribution in [0.25, 0.3) is 0 Å². The van der Waals surface area contributed by atoms with Gasteiger partial charge in [-0.1, -0.05) is 18.6 Å². The highest BCUT2D eigenvalue weighted by atomic mass is 16.5. The number of carbonyl (C=O) groups is 1. The van der Waals surface area contributed by atoms with Crippen molar-refractivity contribution in [3.63, 3.8) is 0 Å². The lowest BCUT2D eigenvalue weighted by Crippen LogP contribution is -2.44. The molecule has 8 nitrogen and oxygen atoms in total. The Morgan fingerprint density at radius 1 is 1.21 bits per heavy atom. The predicted octanol–water partition coefficient (Wildman–Crippen LogP) is 1.31. The second-order valence-electron chi connectivity index (χ2n) is 7.56. The average Bonchev–Trinajstić information content (AvgIpc) is 2.97. The number of hydrogen-bond donors (Lipinski definition) is 4. The van der Waals surface area contributed by atoms with Crippen molar-refractivity contribution in [2.45, 2.75) is 50.0 Å². The fourth-order valence-corrected chi connectivity index (χ4v) is 4.44. The van der Waals surface area contributed by atoms with Crippen LogP contribution in [0.15, 0.2) is 33.9 Å². The quantitative estimate of drug-likeness (QED) is 0.618. The molecule has 0 saturated heterocycles. The number of hydrogen-bond acceptors (Lipinski definition) is 5. The summed E-state index contributed by atoms with van der Waals surface area (Å²) >= 11 is 0. The first kappa shape index (κ1) is 18.3. The van der Waals surface area contributed by atoms with Crippen molar-refractivity contribution in [2.75, 3.05) is 6.54 Å². The van der Waals surface area contributed by atoms with E-state index in [0.717, 1.165) is 31.2 Å². The maximum Gasteiger partial charge on any atom is 0.328 e. The van der Waals surface area contributed by atoms with Gasteiger partial charge in [0, 0.05) is 18.9 Å². The molecule has 1 amide bonds. The summed E-state index contributed by atoms with van der Waals surface area (Å²) in [7, 11) is 0. The number of aromatic amines is 2. The number of aromatic nitrogens is 2. The number of carbonyl (C=O) groups excluding carboxylic acids is 1. The van der Waals surface area contributed by atoms with E-state index in [-0.39, 0.29) is 35.4 Å². The molecule has 1 aliphatic heterocycles. The molecule has 8 heteroatoms. The Kier molecular flexibility index (Phi) is 4.70. The van der Waals surface area contributed by atoms with Crippen LogP contribution in [0.1, 0.15) is 49.1 Å². The third-order valence-corrected chi connectivity index (χ3v) is 5.75. The van der Waals surface area contributed by atoms with E-state index in [2.05, 4.69) is 15.3 Å². The van der Waals surface area contributed by atoms with Crippen LogP contribution in [0, 0.1) is 0 Å². The number of H-pyrrole nitrogens is 2. The van der Waals surface area contributed by atoms with Crippen LogP contribution in [-0.4, -0.2) is 33.1 Å². The third-order valence-electron chi connectivity index (χ3n) is 5.75. The molecule has 2 atom stereocenters. The molecule has 2 aliphatic rings. The number of nitrogens with one attached hydrogen (secondary N) is 3. The minimum Gasteiger partial charge on any atom is -0.508 e. The predicted molar refractivity (Wildman–Crippen MR) is 102 cm³/mol. The molecule has 1 aromatic heterocycles. The number of phenols is 1. The topological polar surface area (TPSA) is 124 Å². The van der Waals surface area contributed by atoms with Crippen LogP contribution in [0.4, 0.5) is 0 Å². The van der Waals surface area contributed by atoms with Gasteiger partial charge in [-0.15, -0.1) is 0 Å². The van der Waals surface area contributed by atoms with Crippen molar-refractivity contribution in [1.29, 1.82) is 0 Å². The van der Waals surface area contributed by atoms with Gasteiger partial charge in [0.15, 0.2) is 0 Å². The Labute approximate surface area is 161 Å². The molecule has 1 aliphatic carbocycles. The van der Waals surface area contributed by atoms with Crippen LogP contribution in [0.3, 0.4) is 0 Å². The number of ether oxygens (including phenoxy) is 1. The minimum absolute atomic E-state index is 0.0779. The maximum atomic E-state index is 12.3. The normalized spacial score (nSPS) is 22.8. The van der Waals surface area contributed by atoms with Gasteiger partial charge in [-0.05, 0) is 37.0 Å². The number of aromatic hydroxyl groups is 1. The first-order chi connectivity index (χ1) is 13.5. The Morgan fingerprint density at radius 3 is 2.79 bits per heavy atom. The van der Waals surface area contributed by atoms with Gasteiger partial charge in [0.2, 0.25) is 11.8 Å². The number of benzene rings is 1. The summed E-state index contributed by atoms with van der Waals surface area (Å²) < 4.78 is 6.12. The molecule has 0 radical (unpaired) electrons. The second kappa shape index (κ2) is 7.18. The standard InChI is InChI=1S/C20H23N3O5/c24-13-6-4-12(5-7-13)11-15(25)21-10-9-20-8-2-1-3-14(20)16-17(26)22-19(27)23-18(16)28-20/h4-7,14,24H,1-3,8-11H2,(H,21,25)(H2,22,23,26,27)/t14-,20+/m1/s1. The second-order valence-corrected chi connectivity index (χ2v) is 7.56. The van der Waals surface area contributed by atoms with Gasteiger partial charge >= 0.3 is 5.69 Å². The molecule has 28 heavy (non-hydrogen) atoms. The van der Waals surface area contributed by atoms with Crippen molar-refractivity contribution in [3.8, 4) is 11.6 Å². The highest BCUT2D eigenvalue weighted by Gasteiger charge is 2.51. The molecule has 1 saturated carbocycles. The Bertz CT molecular complexity index is 994. The molecule has 4 N–H and O–H groups in total. The molecule has 2 heterocycles. The van der Waals surface area contributed by atoms with Crippen LogP contribution < -0.4 is 21.3 Å². The van der Waals surface area contributed by atoms with Crippen molar-refractivity contribution in [2.24, 2.45) is 0 Å². The highest BCUT2D eigenvalue weighted by Crippen LogP contribution is 2.51. The molecule has 0 spiro atoms. The maximum absolute atomic E-state index is 12.3. The molecule has 2 aromatic rings. The zero-order valence-corrected chi connectivity index (χ0v) is 15.4. The third kappa shape index (κ3) is 3.42. The monoisotopic (exact) mass is 385 g/mol. The van der Waals surface area contributed by atoms with Gasteiger partial charge in [-0.3, -0.25) is 19.6 Å². The Hall–Kier alpha value is -3.03. The number of fused-ring (bicyclic) bond motifs is 3. The number of phenolic OH excluding ortho intramolecular Hbond substituents is 1. The van der Waals surface area contributed by atoms with Crippen LogP contribution in [-0.2, 0) is 11.2 Å². The van der Waals surface area contributed by atoms with E-state index in [0.29, 0.717) is 18.5 Å². The van der Waals surface area contributed by atoms with Crippen molar-refractivity contribution >= 4 is 5.91 Å². The van der Waals surface area contributed by atoms with Gasteiger partial charge in [0.25, 0.3) is 5.56 Å². The summed E-state index contributed by atoms with van der Waals surface area (Å²) in [6.07, 6.45) is 4.38. The van der Waals surface area contributed by atoms with E-state index >= 15 is 0 Å². The Balaban J connectivity index is 1.43. The summed E-state index contributed by atoms with van der Waals surface area (Å²) in [5, 5.41) is 12.2. The van der Waals surface area contributed by atoms with Gasteiger partial charge < -0.3 is 15.2 Å². The number of rotatable bonds is 5. The zero-order chi connectivity index (χ0) is 19.7. The fraction of sp³-hybridized carbons (Fsp3) is 0.450. The van der Waals surface area contributed by atoms with E-state index in [1.165, 1.54) is 0 Å². The number of amides is 1. The molecular formula is C20H23N3O5. The van der Waals surface area contributed by atoms with E-state index in [4.69, 9.17) is 4.74 Å². The van der Waals surface area contributed by atoms with Gasteiger partial charge in [-0.2, -0.15) is 0 Å². The summed E-state index contributed by atoms with van der Waals surface area (Å²) in [4.78, 5) is 41.0. The van der Waals surface area contributed by atoms with E-state index in [9.17, 15) is 19.5 Å². The first-order valence-corrected chi connectivity index (χ1v) is 9.57. The lowest BCUT2D eigenvalue weighted by Gasteiger charge is -2.38. The fourth-order valence-electron chi connectivity index (χ4n) is 4.44. The molecule has 1 aromatic carbocycles. The largest absolute Gasteiger partial charge is 0.508 e. The van der Waals surface area contributed by atoms with Crippen molar-refractivity contribution < 1.29 is 14.6 Å². The molecule has 0 bridgehead atoms. The lowest BCUT2D eigenvalue weighted by molar-refractivity contribution is -0.120. The van der Waals surface area contributed by atoms with E-state index in [1.807, 2.05) is 0 Å². The van der Waals surface area contributed by atoms with Crippen LogP contribution in [0.2, 0.25) is 0 Å². The zero-order valence-electron chi connectivity index (χ0n) is 15.4. The smallest absolute Gasteiger partial charge is 0.328 e. The van der Waals surface area contributed by atoms with Crippen LogP contribution >= 0.6 is 0 Å². The minimum atomic E-state index is -0.570. The average molecular weight is 385 g/mol. The molecular weight excluding hydrogens is 362 g/mol. The molecule has 1 fully saturated rings. The SMILES string of the molecule is O=C(Cc1ccc(O)cc1)NCC[C@@]12CCCC[C@@H]1c1c([nH]c(=O)[nH]c1=O)O2. The van der Waals surface area contributed by atoms with Crippen LogP contribution in [0.5, 0.6) is 11.6 Å². The molecule has 148 valence electrons. The Morgan fingerprint density at radius 2 is 2.00 bits per heavy atom. The van der Waals surface area contributed by atoms with Gasteiger partial charge in [0.1, 0.15) is 11.4 Å². The summed E-state index contributed by atoms with van der Waals surface area (Å²) in [5.41, 5.74) is -0.181. The van der Waals surface area contributed by atoms with Crippen molar-refractivity contribution in [1.82, 2.24) is 15.3 Å². The summed E-state index contributed by atoms with van der Waals surface area (Å²) in [5.74, 6) is 0.246. The first-order valence-electron chi connectivity index (χ1n) is 9.57. The van der Waals surface area contributed by atoms with Gasteiger partial charge in [0.05, 0.1) is 12.0 Å². The summed E-state index contributed by atoms with van der Waals surface area (Å²) in [6.45, 7) is 0.420. The summed E-state index contributed by atoms with van der Waals surface area (Å²) in [6, 6.07) is 6.53. The lowest BCUT2D eigenvalue weighted by atomic mass is 9.72. The molecule has 4 rings (SSSR count). The van der Waals surface area contributed by atoms with Gasteiger partial charge in [-0.25, -0.2) is 4.79 Å². The van der Waals surface area contributed by atoms with E-state index < -0.39 is 11.3 Å². The van der Waals surface area contributed by atoms with E-state index in [1.54, 1.807) is 24.3 Å². The van der Waals surface area contributed by atoms with Crippen molar-refractivity contribution in [3.05, 3.63) is 56.2 Å². The highest BCUT2D eigenvalue weighted by molar-refractivity contribution is 5.78.